The van der Waals surface area contributed by atoms with Crippen LogP contribution in [0.4, 0.5) is 0 Å². The van der Waals surface area contributed by atoms with Crippen LogP contribution < -0.4 is 0 Å². The van der Waals surface area contributed by atoms with Gasteiger partial charge in [0.1, 0.15) is 11.9 Å². The highest BCUT2D eigenvalue weighted by Crippen LogP contribution is 2.35. The van der Waals surface area contributed by atoms with Gasteiger partial charge in [-0.15, -0.1) is 0 Å². The van der Waals surface area contributed by atoms with E-state index in [1.54, 1.807) is 0 Å². The second-order valence-corrected chi connectivity index (χ2v) is 12.2. The summed E-state index contributed by atoms with van der Waals surface area (Å²) in [4.78, 5) is 48.1. The first-order valence-corrected chi connectivity index (χ1v) is 16.4. The molecule has 0 aromatic heterocycles. The van der Waals surface area contributed by atoms with Gasteiger partial charge in [-0.3, -0.25) is 9.59 Å². The molecule has 0 saturated heterocycles. The standard InChI is InChI=1S/C34H52O9/c1-3-31(35)41-23-7-5-21-39-28-15-9-25(10-16-28)33(37)26-11-19-30(20-12-26)43-34(38)27-13-17-29(18-14-27)40-22-6-8-24-42-32(36)4-2/h3-4,25-30H,1-2,5-24H2. The topological polar surface area (TPSA) is 114 Å². The van der Waals surface area contributed by atoms with Crippen molar-refractivity contribution in [3.63, 3.8) is 0 Å². The number of hydrogen-bond acceptors (Lipinski definition) is 9. The van der Waals surface area contributed by atoms with Crippen LogP contribution >= 0.6 is 0 Å². The second kappa shape index (κ2) is 19.7. The molecule has 0 radical (unpaired) electrons. The summed E-state index contributed by atoms with van der Waals surface area (Å²) in [5.41, 5.74) is 0. The first-order valence-electron chi connectivity index (χ1n) is 16.4. The van der Waals surface area contributed by atoms with Gasteiger partial charge >= 0.3 is 17.9 Å². The summed E-state index contributed by atoms with van der Waals surface area (Å²) < 4.78 is 27.8. The number of carbonyl (C=O) groups is 4. The number of Topliss-reactive ketones (excluding diaryl/α,β-unsaturated/α-hetero) is 1. The number of ether oxygens (including phenoxy) is 5. The fourth-order valence-corrected chi connectivity index (χ4v) is 6.41. The van der Waals surface area contributed by atoms with Crippen molar-refractivity contribution in [1.29, 1.82) is 0 Å². The van der Waals surface area contributed by atoms with E-state index < -0.39 is 11.9 Å². The molecule has 0 bridgehead atoms. The third kappa shape index (κ3) is 12.9. The Bertz CT molecular complexity index is 892. The number of esters is 3. The van der Waals surface area contributed by atoms with Gasteiger partial charge in [-0.05, 0) is 103 Å². The zero-order valence-electron chi connectivity index (χ0n) is 25.8. The minimum atomic E-state index is -0.399. The van der Waals surface area contributed by atoms with Gasteiger partial charge in [0.25, 0.3) is 0 Å². The zero-order chi connectivity index (χ0) is 30.9. The highest BCUT2D eigenvalue weighted by molar-refractivity contribution is 5.83. The van der Waals surface area contributed by atoms with E-state index in [-0.39, 0.29) is 42.0 Å². The Morgan fingerprint density at radius 2 is 0.884 bits per heavy atom. The van der Waals surface area contributed by atoms with Crippen LogP contribution in [0.2, 0.25) is 0 Å². The Hall–Kier alpha value is -2.52. The molecule has 0 aromatic rings. The molecule has 0 N–H and O–H groups in total. The fraction of sp³-hybridized carbons (Fsp3) is 0.765. The second-order valence-electron chi connectivity index (χ2n) is 12.2. The molecule has 0 spiro atoms. The van der Waals surface area contributed by atoms with Gasteiger partial charge in [-0.1, -0.05) is 13.2 Å². The lowest BCUT2D eigenvalue weighted by Gasteiger charge is -2.34. The van der Waals surface area contributed by atoms with Crippen LogP contribution in [0.3, 0.4) is 0 Å². The molecule has 3 fully saturated rings. The van der Waals surface area contributed by atoms with Gasteiger partial charge in [0.2, 0.25) is 0 Å². The highest BCUT2D eigenvalue weighted by Gasteiger charge is 2.35. The summed E-state index contributed by atoms with van der Waals surface area (Å²) in [5, 5.41) is 0. The minimum Gasteiger partial charge on any atom is -0.463 e. The van der Waals surface area contributed by atoms with Crippen molar-refractivity contribution in [3.8, 4) is 0 Å². The summed E-state index contributed by atoms with van der Waals surface area (Å²) in [6.45, 7) is 8.78. The number of hydrogen-bond donors (Lipinski definition) is 0. The van der Waals surface area contributed by atoms with Gasteiger partial charge < -0.3 is 23.7 Å². The summed E-state index contributed by atoms with van der Waals surface area (Å²) in [6.07, 6.45) is 15.8. The molecule has 9 heteroatoms. The SMILES string of the molecule is C=CC(=O)OCCCCOC1CCC(C(=O)OC2CCC(C(=O)C3CCC(OCCCCOC(=O)C=C)CC3)CC2)CC1. The van der Waals surface area contributed by atoms with E-state index >= 15 is 0 Å². The monoisotopic (exact) mass is 604 g/mol. The molecule has 3 rings (SSSR count). The van der Waals surface area contributed by atoms with Gasteiger partial charge in [-0.2, -0.15) is 0 Å². The quantitative estimate of drug-likeness (QED) is 0.0825. The van der Waals surface area contributed by atoms with Gasteiger partial charge in [0, 0.05) is 37.2 Å². The molecule has 9 nitrogen and oxygen atoms in total. The van der Waals surface area contributed by atoms with Crippen molar-refractivity contribution in [2.45, 2.75) is 121 Å². The predicted molar refractivity (Wildman–Crippen MR) is 161 cm³/mol. The maximum atomic E-state index is 13.2. The van der Waals surface area contributed by atoms with Crippen molar-refractivity contribution in [3.05, 3.63) is 25.3 Å². The Morgan fingerprint density at radius 3 is 1.30 bits per heavy atom. The molecule has 0 unspecified atom stereocenters. The fourth-order valence-electron chi connectivity index (χ4n) is 6.41. The molecule has 0 heterocycles. The van der Waals surface area contributed by atoms with Crippen LogP contribution in [0.1, 0.15) is 103 Å². The van der Waals surface area contributed by atoms with Crippen LogP contribution in [-0.4, -0.2) is 68.4 Å². The average Bonchev–Trinajstić information content (AvgIpc) is 3.04. The third-order valence-corrected chi connectivity index (χ3v) is 9.05. The van der Waals surface area contributed by atoms with E-state index in [2.05, 4.69) is 13.2 Å². The number of carbonyl (C=O) groups excluding carboxylic acids is 4. The summed E-state index contributed by atoms with van der Waals surface area (Å²) in [7, 11) is 0. The van der Waals surface area contributed by atoms with Gasteiger partial charge in [-0.25, -0.2) is 9.59 Å². The highest BCUT2D eigenvalue weighted by atomic mass is 16.5. The van der Waals surface area contributed by atoms with Crippen LogP contribution in [0.15, 0.2) is 25.3 Å². The van der Waals surface area contributed by atoms with E-state index in [1.807, 2.05) is 0 Å². The molecule has 43 heavy (non-hydrogen) atoms. The first-order chi connectivity index (χ1) is 20.9. The summed E-state index contributed by atoms with van der Waals surface area (Å²) in [5.74, 6) is -0.355. The largest absolute Gasteiger partial charge is 0.463 e. The lowest BCUT2D eigenvalue weighted by atomic mass is 9.75. The molecule has 3 aliphatic rings. The molecular formula is C34H52O9. The molecule has 3 aliphatic carbocycles. The zero-order valence-corrected chi connectivity index (χ0v) is 25.8. The van der Waals surface area contributed by atoms with E-state index in [0.29, 0.717) is 32.2 Å². The lowest BCUT2D eigenvalue weighted by molar-refractivity contribution is -0.158. The van der Waals surface area contributed by atoms with Crippen molar-refractivity contribution < 1.29 is 42.9 Å². The van der Waals surface area contributed by atoms with Crippen molar-refractivity contribution in [1.82, 2.24) is 0 Å². The maximum Gasteiger partial charge on any atom is 0.330 e. The van der Waals surface area contributed by atoms with E-state index in [1.165, 1.54) is 6.08 Å². The van der Waals surface area contributed by atoms with Crippen LogP contribution in [-0.2, 0) is 42.9 Å². The predicted octanol–water partition coefficient (Wildman–Crippen LogP) is 5.83. The molecule has 0 aliphatic heterocycles. The Morgan fingerprint density at radius 1 is 0.512 bits per heavy atom. The number of ketones is 1. The molecule has 242 valence electrons. The summed E-state index contributed by atoms with van der Waals surface area (Å²) >= 11 is 0. The minimum absolute atomic E-state index is 0.0651. The van der Waals surface area contributed by atoms with E-state index in [9.17, 15) is 19.2 Å². The molecule has 0 amide bonds. The molecular weight excluding hydrogens is 552 g/mol. The Kier molecular flexibility index (Phi) is 16.0. The Balaban J connectivity index is 1.21. The van der Waals surface area contributed by atoms with Crippen molar-refractivity contribution in [2.24, 2.45) is 17.8 Å². The van der Waals surface area contributed by atoms with Gasteiger partial charge in [0.05, 0.1) is 31.3 Å². The average molecular weight is 605 g/mol. The normalized spacial score (nSPS) is 27.4. The molecule has 0 aromatic carbocycles. The third-order valence-electron chi connectivity index (χ3n) is 9.05. The van der Waals surface area contributed by atoms with Crippen molar-refractivity contribution >= 4 is 23.7 Å². The van der Waals surface area contributed by atoms with Crippen LogP contribution in [0.25, 0.3) is 0 Å². The Labute approximate surface area is 257 Å². The molecule has 0 atom stereocenters. The first kappa shape index (κ1) is 35.0. The number of unbranched alkanes of at least 4 members (excludes halogenated alkanes) is 2. The van der Waals surface area contributed by atoms with E-state index in [0.717, 1.165) is 109 Å². The number of rotatable bonds is 18. The smallest absolute Gasteiger partial charge is 0.330 e. The van der Waals surface area contributed by atoms with Crippen molar-refractivity contribution in [2.75, 3.05) is 26.4 Å². The lowest BCUT2D eigenvalue weighted by Crippen LogP contribution is -2.35. The van der Waals surface area contributed by atoms with E-state index in [4.69, 9.17) is 23.7 Å². The van der Waals surface area contributed by atoms with Gasteiger partial charge in [0.15, 0.2) is 0 Å². The molecule has 3 saturated carbocycles. The summed E-state index contributed by atoms with van der Waals surface area (Å²) in [6, 6.07) is 0. The maximum absolute atomic E-state index is 13.2. The van der Waals surface area contributed by atoms with Crippen LogP contribution in [0, 0.1) is 17.8 Å². The van der Waals surface area contributed by atoms with Crippen LogP contribution in [0.5, 0.6) is 0 Å².